The average Bonchev–Trinajstić information content (AvgIpc) is 2.44. The standard InChI is InChI=1S/C16H24N2O2S/c1-16(2)9-14(10-21-11-16)18-13-5-3-12(4-6-13)15(20)17-7-8-19/h3-6,14,18-19H,7-11H2,1-2H3,(H,17,20). The third-order valence-corrected chi connectivity index (χ3v) is 5.15. The number of carbonyl (C=O) groups is 1. The molecule has 3 N–H and O–H groups in total. The molecule has 1 aromatic carbocycles. The molecule has 1 atom stereocenters. The minimum atomic E-state index is -0.148. The highest BCUT2D eigenvalue weighted by Gasteiger charge is 2.28. The Labute approximate surface area is 130 Å². The molecule has 1 fully saturated rings. The summed E-state index contributed by atoms with van der Waals surface area (Å²) < 4.78 is 0. The van der Waals surface area contributed by atoms with Gasteiger partial charge >= 0.3 is 0 Å². The second-order valence-electron chi connectivity index (χ2n) is 6.28. The summed E-state index contributed by atoms with van der Waals surface area (Å²) in [5, 5.41) is 14.9. The van der Waals surface area contributed by atoms with E-state index in [0.717, 1.165) is 11.4 Å². The fraction of sp³-hybridized carbons (Fsp3) is 0.562. The molecule has 5 heteroatoms. The maximum atomic E-state index is 11.7. The zero-order valence-corrected chi connectivity index (χ0v) is 13.5. The number of hydrogen-bond acceptors (Lipinski definition) is 4. The number of nitrogens with one attached hydrogen (secondary N) is 2. The summed E-state index contributed by atoms with van der Waals surface area (Å²) >= 11 is 2.00. The molecule has 1 aliphatic rings. The third kappa shape index (κ3) is 4.93. The van der Waals surface area contributed by atoms with E-state index in [2.05, 4.69) is 24.5 Å². The number of rotatable bonds is 5. The number of carbonyl (C=O) groups excluding carboxylic acids is 1. The Hall–Kier alpha value is -1.20. The molecule has 1 unspecified atom stereocenters. The second kappa shape index (κ2) is 7.18. The zero-order valence-electron chi connectivity index (χ0n) is 12.7. The molecule has 0 bridgehead atoms. The van der Waals surface area contributed by atoms with Crippen molar-refractivity contribution in [2.75, 3.05) is 30.0 Å². The number of amides is 1. The maximum Gasteiger partial charge on any atom is 0.251 e. The number of hydrogen-bond donors (Lipinski definition) is 3. The quantitative estimate of drug-likeness (QED) is 0.781. The normalized spacial score (nSPS) is 20.8. The van der Waals surface area contributed by atoms with Crippen LogP contribution in [0.25, 0.3) is 0 Å². The van der Waals surface area contributed by atoms with Crippen LogP contribution in [0.5, 0.6) is 0 Å². The number of anilines is 1. The summed E-state index contributed by atoms with van der Waals surface area (Å²) in [6, 6.07) is 8.00. The summed E-state index contributed by atoms with van der Waals surface area (Å²) in [5.41, 5.74) is 2.05. The molecular formula is C16H24N2O2S. The van der Waals surface area contributed by atoms with Crippen molar-refractivity contribution >= 4 is 23.4 Å². The van der Waals surface area contributed by atoms with Gasteiger partial charge in [-0.3, -0.25) is 4.79 Å². The van der Waals surface area contributed by atoms with Crippen LogP contribution in [0.15, 0.2) is 24.3 Å². The lowest BCUT2D eigenvalue weighted by molar-refractivity contribution is 0.0945. The highest BCUT2D eigenvalue weighted by Crippen LogP contribution is 2.34. The topological polar surface area (TPSA) is 61.4 Å². The molecule has 0 spiro atoms. The summed E-state index contributed by atoms with van der Waals surface area (Å²) in [7, 11) is 0. The predicted octanol–water partition coefficient (Wildman–Crippen LogP) is 2.35. The van der Waals surface area contributed by atoms with E-state index in [9.17, 15) is 4.79 Å². The van der Waals surface area contributed by atoms with Gasteiger partial charge in [0.15, 0.2) is 0 Å². The molecule has 0 aromatic heterocycles. The van der Waals surface area contributed by atoms with Crippen molar-refractivity contribution in [2.24, 2.45) is 5.41 Å². The van der Waals surface area contributed by atoms with Crippen molar-refractivity contribution in [3.63, 3.8) is 0 Å². The molecule has 1 amide bonds. The van der Waals surface area contributed by atoms with Gasteiger partial charge in [0.05, 0.1) is 6.61 Å². The van der Waals surface area contributed by atoms with Crippen molar-refractivity contribution in [1.29, 1.82) is 0 Å². The van der Waals surface area contributed by atoms with Gasteiger partial charge in [0, 0.05) is 29.6 Å². The van der Waals surface area contributed by atoms with Gasteiger partial charge in [-0.25, -0.2) is 0 Å². The monoisotopic (exact) mass is 308 g/mol. The predicted molar refractivity (Wildman–Crippen MR) is 89.0 cm³/mol. The highest BCUT2D eigenvalue weighted by atomic mass is 32.2. The van der Waals surface area contributed by atoms with Crippen molar-refractivity contribution in [3.05, 3.63) is 29.8 Å². The first-order chi connectivity index (χ1) is 10.00. The second-order valence-corrected chi connectivity index (χ2v) is 7.31. The van der Waals surface area contributed by atoms with Crippen LogP contribution in [-0.4, -0.2) is 41.7 Å². The molecule has 0 aliphatic carbocycles. The molecule has 116 valence electrons. The lowest BCUT2D eigenvalue weighted by Crippen LogP contribution is -2.35. The first kappa shape index (κ1) is 16.2. The molecule has 4 nitrogen and oxygen atoms in total. The van der Waals surface area contributed by atoms with Gasteiger partial charge in [-0.15, -0.1) is 0 Å². The van der Waals surface area contributed by atoms with Gasteiger partial charge < -0.3 is 15.7 Å². The van der Waals surface area contributed by atoms with Crippen molar-refractivity contribution < 1.29 is 9.90 Å². The average molecular weight is 308 g/mol. The van der Waals surface area contributed by atoms with Crippen LogP contribution < -0.4 is 10.6 Å². The van der Waals surface area contributed by atoms with Crippen molar-refractivity contribution in [1.82, 2.24) is 5.32 Å². The summed E-state index contributed by atoms with van der Waals surface area (Å²) in [5.74, 6) is 2.20. The minimum absolute atomic E-state index is 0.0412. The van der Waals surface area contributed by atoms with Crippen LogP contribution in [0, 0.1) is 5.41 Å². The van der Waals surface area contributed by atoms with Crippen molar-refractivity contribution in [3.8, 4) is 0 Å². The van der Waals surface area contributed by atoms with E-state index in [4.69, 9.17) is 5.11 Å². The zero-order chi connectivity index (χ0) is 15.3. The molecule has 1 aliphatic heterocycles. The van der Waals surface area contributed by atoms with Crippen LogP contribution in [-0.2, 0) is 0 Å². The Morgan fingerprint density at radius 3 is 2.71 bits per heavy atom. The maximum absolute atomic E-state index is 11.7. The van der Waals surface area contributed by atoms with E-state index < -0.39 is 0 Å². The summed E-state index contributed by atoms with van der Waals surface area (Å²) in [6.07, 6.45) is 1.17. The van der Waals surface area contributed by atoms with Crippen LogP contribution >= 0.6 is 11.8 Å². The van der Waals surface area contributed by atoms with Gasteiger partial charge in [-0.2, -0.15) is 11.8 Å². The molecule has 1 saturated heterocycles. The van der Waals surface area contributed by atoms with E-state index in [-0.39, 0.29) is 19.1 Å². The van der Waals surface area contributed by atoms with Gasteiger partial charge in [0.2, 0.25) is 0 Å². The van der Waals surface area contributed by atoms with Gasteiger partial charge in [0.25, 0.3) is 5.91 Å². The van der Waals surface area contributed by atoms with Gasteiger partial charge in [-0.1, -0.05) is 13.8 Å². The minimum Gasteiger partial charge on any atom is -0.395 e. The Morgan fingerprint density at radius 1 is 1.38 bits per heavy atom. The van der Waals surface area contributed by atoms with E-state index in [1.165, 1.54) is 12.2 Å². The Balaban J connectivity index is 1.91. The number of benzene rings is 1. The van der Waals surface area contributed by atoms with Crippen LogP contribution in [0.2, 0.25) is 0 Å². The fourth-order valence-corrected chi connectivity index (χ4v) is 3.85. The van der Waals surface area contributed by atoms with Crippen LogP contribution in [0.1, 0.15) is 30.6 Å². The van der Waals surface area contributed by atoms with Crippen LogP contribution in [0.3, 0.4) is 0 Å². The molecule has 1 heterocycles. The molecule has 0 saturated carbocycles. The number of thioether (sulfide) groups is 1. The van der Waals surface area contributed by atoms with E-state index in [0.29, 0.717) is 17.0 Å². The number of aliphatic hydroxyl groups is 1. The molecular weight excluding hydrogens is 284 g/mol. The Morgan fingerprint density at radius 2 is 2.10 bits per heavy atom. The smallest absolute Gasteiger partial charge is 0.251 e. The van der Waals surface area contributed by atoms with E-state index in [1.54, 1.807) is 0 Å². The first-order valence-electron chi connectivity index (χ1n) is 7.33. The SMILES string of the molecule is CC1(C)CSCC(Nc2ccc(C(=O)NCCO)cc2)C1. The Kier molecular flexibility index (Phi) is 5.53. The molecule has 1 aromatic rings. The van der Waals surface area contributed by atoms with Crippen molar-refractivity contribution in [2.45, 2.75) is 26.3 Å². The lowest BCUT2D eigenvalue weighted by atomic mass is 9.88. The molecule has 2 rings (SSSR count). The highest BCUT2D eigenvalue weighted by molar-refractivity contribution is 7.99. The third-order valence-electron chi connectivity index (χ3n) is 3.53. The van der Waals surface area contributed by atoms with E-state index in [1.807, 2.05) is 36.0 Å². The lowest BCUT2D eigenvalue weighted by Gasteiger charge is -2.35. The summed E-state index contributed by atoms with van der Waals surface area (Å²) in [6.45, 7) is 4.86. The number of aliphatic hydroxyl groups excluding tert-OH is 1. The van der Waals surface area contributed by atoms with Crippen LogP contribution in [0.4, 0.5) is 5.69 Å². The fourth-order valence-electron chi connectivity index (χ4n) is 2.58. The molecule has 0 radical (unpaired) electrons. The summed E-state index contributed by atoms with van der Waals surface area (Å²) in [4.78, 5) is 11.7. The molecule has 21 heavy (non-hydrogen) atoms. The van der Waals surface area contributed by atoms with Gasteiger partial charge in [-0.05, 0) is 41.9 Å². The Bertz CT molecular complexity index is 474. The first-order valence-corrected chi connectivity index (χ1v) is 8.49. The van der Waals surface area contributed by atoms with E-state index >= 15 is 0 Å². The van der Waals surface area contributed by atoms with Gasteiger partial charge in [0.1, 0.15) is 0 Å². The largest absolute Gasteiger partial charge is 0.395 e.